The highest BCUT2D eigenvalue weighted by Gasteiger charge is 2.10. The molecule has 0 bridgehead atoms. The minimum Gasteiger partial charge on any atom is -0.344 e. The molecule has 2 aromatic heterocycles. The van der Waals surface area contributed by atoms with Gasteiger partial charge in [-0.3, -0.25) is 14.6 Å². The second kappa shape index (κ2) is 6.83. The predicted octanol–water partition coefficient (Wildman–Crippen LogP) is 1.25. The highest BCUT2D eigenvalue weighted by Crippen LogP contribution is 2.00. The average Bonchev–Trinajstić information content (AvgIpc) is 2.50. The lowest BCUT2D eigenvalue weighted by atomic mass is 10.2. The number of nitrogens with zero attached hydrogens (tertiary/aromatic N) is 3. The Morgan fingerprint density at radius 3 is 2.71 bits per heavy atom. The van der Waals surface area contributed by atoms with Gasteiger partial charge in [-0.05, 0) is 37.1 Å². The van der Waals surface area contributed by atoms with E-state index in [0.717, 1.165) is 12.0 Å². The molecule has 21 heavy (non-hydrogen) atoms. The van der Waals surface area contributed by atoms with Crippen LogP contribution in [-0.4, -0.2) is 34.0 Å². The molecule has 0 N–H and O–H groups in total. The van der Waals surface area contributed by atoms with Crippen molar-refractivity contribution in [2.24, 2.45) is 0 Å². The lowest BCUT2D eigenvalue weighted by molar-refractivity contribution is -0.130. The molecular weight excluding hydrogens is 266 g/mol. The number of hydrogen-bond donors (Lipinski definition) is 0. The van der Waals surface area contributed by atoms with Gasteiger partial charge in [-0.2, -0.15) is 0 Å². The molecule has 0 unspecified atom stereocenters. The standard InChI is InChI=1S/C16H19N3O2/c1-13-4-3-10-19(16(13)21)12-15(20)18(2)11-7-14-5-8-17-9-6-14/h3-6,8-10H,7,11-12H2,1-2H3. The van der Waals surface area contributed by atoms with Crippen molar-refractivity contribution >= 4 is 5.91 Å². The van der Waals surface area contributed by atoms with Crippen LogP contribution in [0.4, 0.5) is 0 Å². The number of carbonyl (C=O) groups is 1. The lowest BCUT2D eigenvalue weighted by Gasteiger charge is -2.18. The van der Waals surface area contributed by atoms with Crippen LogP contribution in [-0.2, 0) is 17.8 Å². The van der Waals surface area contributed by atoms with Crippen molar-refractivity contribution < 1.29 is 4.79 Å². The topological polar surface area (TPSA) is 55.2 Å². The second-order valence-electron chi connectivity index (χ2n) is 5.05. The van der Waals surface area contributed by atoms with Crippen LogP contribution in [0.1, 0.15) is 11.1 Å². The van der Waals surface area contributed by atoms with Gasteiger partial charge in [0.2, 0.25) is 5.91 Å². The molecule has 0 aromatic carbocycles. The number of likely N-dealkylation sites (N-methyl/N-ethyl adjacent to an activating group) is 1. The minimum atomic E-state index is -0.117. The van der Waals surface area contributed by atoms with Crippen molar-refractivity contribution in [3.63, 3.8) is 0 Å². The van der Waals surface area contributed by atoms with Crippen LogP contribution in [0.2, 0.25) is 0 Å². The number of rotatable bonds is 5. The van der Waals surface area contributed by atoms with Gasteiger partial charge in [-0.1, -0.05) is 6.07 Å². The molecule has 110 valence electrons. The Morgan fingerprint density at radius 2 is 2.00 bits per heavy atom. The molecule has 0 atom stereocenters. The maximum atomic E-state index is 12.2. The van der Waals surface area contributed by atoms with Crippen LogP contribution in [0.5, 0.6) is 0 Å². The number of pyridine rings is 2. The second-order valence-corrected chi connectivity index (χ2v) is 5.05. The molecule has 2 heterocycles. The zero-order valence-electron chi connectivity index (χ0n) is 12.3. The van der Waals surface area contributed by atoms with Crippen LogP contribution in [0.3, 0.4) is 0 Å². The number of carbonyl (C=O) groups excluding carboxylic acids is 1. The summed E-state index contributed by atoms with van der Waals surface area (Å²) in [4.78, 5) is 29.7. The highest BCUT2D eigenvalue weighted by atomic mass is 16.2. The molecule has 5 heteroatoms. The first-order valence-electron chi connectivity index (χ1n) is 6.87. The van der Waals surface area contributed by atoms with Crippen molar-refractivity contribution in [1.82, 2.24) is 14.5 Å². The van der Waals surface area contributed by atoms with Crippen LogP contribution in [0.25, 0.3) is 0 Å². The molecular formula is C16H19N3O2. The Balaban J connectivity index is 1.94. The Hall–Kier alpha value is -2.43. The number of aryl methyl sites for hydroxylation is 1. The van der Waals surface area contributed by atoms with Crippen LogP contribution in [0.15, 0.2) is 47.7 Å². The van der Waals surface area contributed by atoms with E-state index in [-0.39, 0.29) is 18.0 Å². The summed E-state index contributed by atoms with van der Waals surface area (Å²) in [5.41, 5.74) is 1.66. The molecule has 0 radical (unpaired) electrons. The largest absolute Gasteiger partial charge is 0.344 e. The van der Waals surface area contributed by atoms with E-state index in [0.29, 0.717) is 12.1 Å². The van der Waals surface area contributed by atoms with E-state index >= 15 is 0 Å². The zero-order chi connectivity index (χ0) is 15.2. The summed E-state index contributed by atoms with van der Waals surface area (Å²) < 4.78 is 1.45. The van der Waals surface area contributed by atoms with Gasteiger partial charge < -0.3 is 9.47 Å². The smallest absolute Gasteiger partial charge is 0.253 e. The molecule has 2 aromatic rings. The number of hydrogen-bond acceptors (Lipinski definition) is 3. The number of amides is 1. The zero-order valence-corrected chi connectivity index (χ0v) is 12.3. The van der Waals surface area contributed by atoms with E-state index in [1.165, 1.54) is 4.57 Å². The maximum absolute atomic E-state index is 12.2. The van der Waals surface area contributed by atoms with E-state index in [2.05, 4.69) is 4.98 Å². The third kappa shape index (κ3) is 4.02. The summed E-state index contributed by atoms with van der Waals surface area (Å²) in [6.07, 6.45) is 5.89. The fraction of sp³-hybridized carbons (Fsp3) is 0.312. The lowest BCUT2D eigenvalue weighted by Crippen LogP contribution is -2.35. The summed E-state index contributed by atoms with van der Waals surface area (Å²) >= 11 is 0. The SMILES string of the molecule is Cc1cccn(CC(=O)N(C)CCc2ccncc2)c1=O. The van der Waals surface area contributed by atoms with Gasteiger partial charge in [0.05, 0.1) is 0 Å². The molecule has 0 aliphatic rings. The fourth-order valence-electron chi connectivity index (χ4n) is 2.02. The third-order valence-electron chi connectivity index (χ3n) is 3.43. The molecule has 0 aliphatic heterocycles. The number of aromatic nitrogens is 2. The van der Waals surface area contributed by atoms with Crippen molar-refractivity contribution in [3.8, 4) is 0 Å². The minimum absolute atomic E-state index is 0.0724. The van der Waals surface area contributed by atoms with Gasteiger partial charge in [-0.25, -0.2) is 0 Å². The molecule has 5 nitrogen and oxygen atoms in total. The van der Waals surface area contributed by atoms with Crippen LogP contribution in [0, 0.1) is 6.92 Å². The van der Waals surface area contributed by atoms with Crippen molar-refractivity contribution in [2.45, 2.75) is 19.9 Å². The quantitative estimate of drug-likeness (QED) is 0.831. The molecule has 0 fully saturated rings. The van der Waals surface area contributed by atoms with Gasteiger partial charge >= 0.3 is 0 Å². The maximum Gasteiger partial charge on any atom is 0.253 e. The fourth-order valence-corrected chi connectivity index (χ4v) is 2.02. The van der Waals surface area contributed by atoms with Crippen molar-refractivity contribution in [2.75, 3.05) is 13.6 Å². The van der Waals surface area contributed by atoms with E-state index in [9.17, 15) is 9.59 Å². The molecule has 0 aliphatic carbocycles. The van der Waals surface area contributed by atoms with E-state index in [1.807, 2.05) is 12.1 Å². The first-order valence-corrected chi connectivity index (χ1v) is 6.87. The molecule has 0 saturated heterocycles. The van der Waals surface area contributed by atoms with E-state index in [4.69, 9.17) is 0 Å². The van der Waals surface area contributed by atoms with Gasteiger partial charge in [0.1, 0.15) is 6.54 Å². The van der Waals surface area contributed by atoms with Gasteiger partial charge in [0.25, 0.3) is 5.56 Å². The normalized spacial score (nSPS) is 10.4. The highest BCUT2D eigenvalue weighted by molar-refractivity contribution is 5.75. The Labute approximate surface area is 123 Å². The monoisotopic (exact) mass is 285 g/mol. The van der Waals surface area contributed by atoms with Crippen molar-refractivity contribution in [1.29, 1.82) is 0 Å². The van der Waals surface area contributed by atoms with E-state index < -0.39 is 0 Å². The molecule has 0 saturated carbocycles. The third-order valence-corrected chi connectivity index (χ3v) is 3.43. The summed E-state index contributed by atoms with van der Waals surface area (Å²) in [6.45, 7) is 2.44. The van der Waals surface area contributed by atoms with Crippen molar-refractivity contribution in [3.05, 3.63) is 64.3 Å². The Morgan fingerprint density at radius 1 is 1.29 bits per heavy atom. The van der Waals surface area contributed by atoms with Gasteiger partial charge in [0, 0.05) is 37.7 Å². The Bertz CT molecular complexity index is 665. The van der Waals surface area contributed by atoms with E-state index in [1.54, 1.807) is 49.6 Å². The summed E-state index contributed by atoms with van der Waals surface area (Å²) in [7, 11) is 1.75. The molecule has 2 rings (SSSR count). The predicted molar refractivity (Wildman–Crippen MR) is 81.0 cm³/mol. The summed E-state index contributed by atoms with van der Waals surface area (Å²) in [6, 6.07) is 7.39. The summed E-state index contributed by atoms with van der Waals surface area (Å²) in [5, 5.41) is 0. The van der Waals surface area contributed by atoms with Crippen LogP contribution < -0.4 is 5.56 Å². The average molecular weight is 285 g/mol. The summed E-state index contributed by atoms with van der Waals surface area (Å²) in [5.74, 6) is -0.0724. The van der Waals surface area contributed by atoms with Gasteiger partial charge in [-0.15, -0.1) is 0 Å². The molecule has 1 amide bonds. The molecule has 0 spiro atoms. The first-order chi connectivity index (χ1) is 10.1. The Kier molecular flexibility index (Phi) is 4.87. The first kappa shape index (κ1) is 15.0. The van der Waals surface area contributed by atoms with Crippen LogP contribution >= 0.6 is 0 Å². The van der Waals surface area contributed by atoms with Gasteiger partial charge in [0.15, 0.2) is 0 Å².